The van der Waals surface area contributed by atoms with Crippen molar-refractivity contribution in [1.82, 2.24) is 4.98 Å². The maximum atomic E-state index is 9.67. The van der Waals surface area contributed by atoms with Crippen LogP contribution in [0.5, 0.6) is 0 Å². The highest BCUT2D eigenvalue weighted by molar-refractivity contribution is 5.73. The smallest absolute Gasteiger partial charge is 0.225 e. The Kier molecular flexibility index (Phi) is 1.85. The van der Waals surface area contributed by atoms with Gasteiger partial charge in [0.25, 0.3) is 0 Å². The molecule has 1 radical (unpaired) electrons. The lowest BCUT2D eigenvalue weighted by molar-refractivity contribution is 0.564. The molecule has 0 saturated heterocycles. The topological polar surface area (TPSA) is 32.9 Å². The zero-order chi connectivity index (χ0) is 6.53. The number of hydrogen-bond acceptors (Lipinski definition) is 1. The number of H-pyrrole nitrogens is 1. The molecule has 0 bridgehead atoms. The zero-order valence-electron chi connectivity index (χ0n) is 4.79. The van der Waals surface area contributed by atoms with Crippen LogP contribution in [0.1, 0.15) is 5.69 Å². The quantitative estimate of drug-likeness (QED) is 0.583. The Morgan fingerprint density at radius 1 is 1.67 bits per heavy atom. The van der Waals surface area contributed by atoms with E-state index in [0.29, 0.717) is 0 Å². The van der Waals surface area contributed by atoms with E-state index in [1.807, 2.05) is 12.1 Å². The summed E-state index contributed by atoms with van der Waals surface area (Å²) < 4.78 is 0. The molecule has 1 aromatic rings. The molecule has 0 aliphatic heterocycles. The Morgan fingerprint density at radius 3 is 3.11 bits per heavy atom. The van der Waals surface area contributed by atoms with Crippen molar-refractivity contribution in [3.63, 3.8) is 0 Å². The van der Waals surface area contributed by atoms with Crippen molar-refractivity contribution in [2.45, 2.75) is 0 Å². The molecule has 9 heavy (non-hydrogen) atoms. The molecular weight excluding hydrogens is 114 g/mol. The van der Waals surface area contributed by atoms with Crippen LogP contribution in [0.3, 0.4) is 0 Å². The summed E-state index contributed by atoms with van der Waals surface area (Å²) in [7, 11) is 0. The van der Waals surface area contributed by atoms with Crippen LogP contribution in [-0.4, -0.2) is 11.3 Å². The number of aromatic amines is 1. The minimum absolute atomic E-state index is 0.915. The molecule has 1 rings (SSSR count). The number of aromatic nitrogens is 1. The van der Waals surface area contributed by atoms with E-state index in [1.165, 1.54) is 6.08 Å². The fourth-order valence-electron chi connectivity index (χ4n) is 0.572. The molecule has 0 fully saturated rings. The Morgan fingerprint density at radius 2 is 2.56 bits per heavy atom. The molecule has 0 saturated carbocycles. The number of rotatable bonds is 2. The molecule has 0 spiro atoms. The van der Waals surface area contributed by atoms with Gasteiger partial charge in [-0.15, -0.1) is 0 Å². The van der Waals surface area contributed by atoms with Gasteiger partial charge in [-0.2, -0.15) is 0 Å². The first-order chi connectivity index (χ1) is 4.43. The lowest BCUT2D eigenvalue weighted by Crippen LogP contribution is -1.66. The van der Waals surface area contributed by atoms with E-state index in [0.717, 1.165) is 5.69 Å². The van der Waals surface area contributed by atoms with Crippen LogP contribution in [-0.2, 0) is 4.79 Å². The van der Waals surface area contributed by atoms with Crippen LogP contribution in [0.4, 0.5) is 0 Å². The summed E-state index contributed by atoms with van der Waals surface area (Å²) in [6, 6.07) is 3.73. The minimum Gasteiger partial charge on any atom is -0.362 e. The van der Waals surface area contributed by atoms with Gasteiger partial charge < -0.3 is 4.98 Å². The summed E-state index contributed by atoms with van der Waals surface area (Å²) in [4.78, 5) is 12.6. The molecule has 0 aliphatic rings. The van der Waals surface area contributed by atoms with Crippen LogP contribution in [0.25, 0.3) is 6.08 Å². The third kappa shape index (κ3) is 1.57. The predicted octanol–water partition coefficient (Wildman–Crippen LogP) is 1.14. The highest BCUT2D eigenvalue weighted by atomic mass is 16.1. The molecule has 1 aromatic heterocycles. The van der Waals surface area contributed by atoms with Crippen molar-refractivity contribution >= 4 is 12.4 Å². The summed E-state index contributed by atoms with van der Waals surface area (Å²) >= 11 is 0. The largest absolute Gasteiger partial charge is 0.362 e. The summed E-state index contributed by atoms with van der Waals surface area (Å²) in [6.45, 7) is 0. The van der Waals surface area contributed by atoms with Crippen molar-refractivity contribution in [1.29, 1.82) is 0 Å². The average Bonchev–Trinajstić information content (AvgIpc) is 2.34. The highest BCUT2D eigenvalue weighted by Crippen LogP contribution is 1.94. The second-order valence-electron chi connectivity index (χ2n) is 1.58. The lowest BCUT2D eigenvalue weighted by Gasteiger charge is -1.77. The third-order valence-electron chi connectivity index (χ3n) is 0.953. The summed E-state index contributed by atoms with van der Waals surface area (Å²) in [6.07, 6.45) is 6.44. The monoisotopic (exact) mass is 120 g/mol. The van der Waals surface area contributed by atoms with E-state index in [4.69, 9.17) is 0 Å². The van der Waals surface area contributed by atoms with Gasteiger partial charge in [0.15, 0.2) is 0 Å². The van der Waals surface area contributed by atoms with Gasteiger partial charge in [-0.25, -0.2) is 0 Å². The Balaban J connectivity index is 2.67. The fourth-order valence-corrected chi connectivity index (χ4v) is 0.572. The van der Waals surface area contributed by atoms with Crippen LogP contribution in [0.2, 0.25) is 0 Å². The number of nitrogens with one attached hydrogen (secondary N) is 1. The number of allylic oxidation sites excluding steroid dienone is 1. The van der Waals surface area contributed by atoms with Crippen LogP contribution in [0, 0.1) is 0 Å². The Bertz CT molecular complexity index is 199. The van der Waals surface area contributed by atoms with Gasteiger partial charge in [0.05, 0.1) is 0 Å². The van der Waals surface area contributed by atoms with Crippen LogP contribution >= 0.6 is 0 Å². The van der Waals surface area contributed by atoms with Gasteiger partial charge in [0.2, 0.25) is 6.29 Å². The minimum atomic E-state index is 0.915. The standard InChI is InChI=1S/C7H6NO/c9-6-2-4-7-3-1-5-8-7/h1-5,8H. The normalized spacial score (nSPS) is 10.2. The van der Waals surface area contributed by atoms with Gasteiger partial charge in [-0.1, -0.05) is 0 Å². The highest BCUT2D eigenvalue weighted by Gasteiger charge is 1.80. The molecular formula is C7H6NO. The van der Waals surface area contributed by atoms with Crippen molar-refractivity contribution < 1.29 is 4.79 Å². The van der Waals surface area contributed by atoms with E-state index in [2.05, 4.69) is 4.98 Å². The van der Waals surface area contributed by atoms with E-state index in [1.54, 1.807) is 18.6 Å². The first kappa shape index (κ1) is 5.82. The van der Waals surface area contributed by atoms with E-state index in [-0.39, 0.29) is 0 Å². The van der Waals surface area contributed by atoms with E-state index in [9.17, 15) is 4.79 Å². The van der Waals surface area contributed by atoms with Gasteiger partial charge in [-0.3, -0.25) is 4.79 Å². The molecule has 2 heteroatoms. The van der Waals surface area contributed by atoms with Gasteiger partial charge in [-0.05, 0) is 24.3 Å². The lowest BCUT2D eigenvalue weighted by atomic mass is 10.4. The molecule has 0 atom stereocenters. The second kappa shape index (κ2) is 2.87. The molecule has 0 aromatic carbocycles. The fraction of sp³-hybridized carbons (Fsp3) is 0. The van der Waals surface area contributed by atoms with Gasteiger partial charge >= 0.3 is 0 Å². The first-order valence-electron chi connectivity index (χ1n) is 2.61. The summed E-state index contributed by atoms with van der Waals surface area (Å²) in [5, 5.41) is 0. The van der Waals surface area contributed by atoms with Crippen molar-refractivity contribution in [2.75, 3.05) is 0 Å². The van der Waals surface area contributed by atoms with Crippen LogP contribution in [0.15, 0.2) is 24.4 Å². The van der Waals surface area contributed by atoms with Crippen LogP contribution < -0.4 is 0 Å². The van der Waals surface area contributed by atoms with Crippen molar-refractivity contribution in [3.8, 4) is 0 Å². The molecule has 0 amide bonds. The molecule has 0 unspecified atom stereocenters. The zero-order valence-corrected chi connectivity index (χ0v) is 4.79. The SMILES string of the molecule is O=[C]C=Cc1ccc[nH]1. The molecule has 1 heterocycles. The first-order valence-corrected chi connectivity index (χ1v) is 2.61. The summed E-state index contributed by atoms with van der Waals surface area (Å²) in [5.41, 5.74) is 0.915. The Hall–Kier alpha value is -1.31. The summed E-state index contributed by atoms with van der Waals surface area (Å²) in [5.74, 6) is 0. The molecule has 45 valence electrons. The Labute approximate surface area is 53.2 Å². The second-order valence-corrected chi connectivity index (χ2v) is 1.58. The van der Waals surface area contributed by atoms with Gasteiger partial charge in [0, 0.05) is 11.9 Å². The predicted molar refractivity (Wildman–Crippen MR) is 35.5 cm³/mol. The molecule has 0 aliphatic carbocycles. The third-order valence-corrected chi connectivity index (χ3v) is 0.953. The van der Waals surface area contributed by atoms with E-state index < -0.39 is 0 Å². The molecule has 1 N–H and O–H groups in total. The van der Waals surface area contributed by atoms with Crippen molar-refractivity contribution in [3.05, 3.63) is 30.1 Å². The van der Waals surface area contributed by atoms with Gasteiger partial charge in [0.1, 0.15) is 0 Å². The maximum absolute atomic E-state index is 9.67. The van der Waals surface area contributed by atoms with E-state index >= 15 is 0 Å². The molecule has 2 nitrogen and oxygen atoms in total. The number of hydrogen-bond donors (Lipinski definition) is 1. The number of carbonyl (C=O) groups excluding carboxylic acids is 1. The average molecular weight is 120 g/mol. The van der Waals surface area contributed by atoms with Crippen molar-refractivity contribution in [2.24, 2.45) is 0 Å². The maximum Gasteiger partial charge on any atom is 0.225 e.